The van der Waals surface area contributed by atoms with Crippen LogP contribution in [-0.4, -0.2) is 25.5 Å². The number of amides is 1. The normalized spacial score (nSPS) is 11.2. The molecule has 2 heterocycles. The van der Waals surface area contributed by atoms with E-state index < -0.39 is 0 Å². The van der Waals surface area contributed by atoms with E-state index in [-0.39, 0.29) is 23.9 Å². The standard InChI is InChI=1S/C17H19N5O2/c1-11(2)16(24)21(13-7-5-4-6-8-13)10-14-19-17-18-12(3)9-15(23)22(17)20-14/h4-9,11H,10H2,1-3H3,(H,18,19,20). The Morgan fingerprint density at radius 3 is 2.62 bits per heavy atom. The number of rotatable bonds is 4. The summed E-state index contributed by atoms with van der Waals surface area (Å²) < 4.78 is 1.28. The lowest BCUT2D eigenvalue weighted by Gasteiger charge is -2.23. The van der Waals surface area contributed by atoms with Crippen LogP contribution in [0.1, 0.15) is 25.4 Å². The molecule has 124 valence electrons. The molecule has 0 spiro atoms. The van der Waals surface area contributed by atoms with Crippen LogP contribution < -0.4 is 10.5 Å². The van der Waals surface area contributed by atoms with Crippen molar-refractivity contribution in [1.82, 2.24) is 19.6 Å². The fourth-order valence-corrected chi connectivity index (χ4v) is 2.47. The summed E-state index contributed by atoms with van der Waals surface area (Å²) in [5, 5.41) is 2.92. The van der Waals surface area contributed by atoms with Crippen LogP contribution in [0.2, 0.25) is 0 Å². The van der Waals surface area contributed by atoms with Crippen LogP contribution in [0.15, 0.2) is 41.2 Å². The molecule has 0 unspecified atom stereocenters. The Balaban J connectivity index is 2.00. The number of benzene rings is 1. The lowest BCUT2D eigenvalue weighted by Crippen LogP contribution is -2.34. The van der Waals surface area contributed by atoms with Gasteiger partial charge in [0.05, 0.1) is 6.54 Å². The van der Waals surface area contributed by atoms with E-state index in [0.29, 0.717) is 17.3 Å². The van der Waals surface area contributed by atoms with E-state index in [1.807, 2.05) is 44.2 Å². The van der Waals surface area contributed by atoms with Gasteiger partial charge in [0.15, 0.2) is 0 Å². The van der Waals surface area contributed by atoms with Gasteiger partial charge in [0.25, 0.3) is 11.3 Å². The van der Waals surface area contributed by atoms with E-state index in [9.17, 15) is 9.59 Å². The van der Waals surface area contributed by atoms with E-state index >= 15 is 0 Å². The van der Waals surface area contributed by atoms with Gasteiger partial charge < -0.3 is 4.90 Å². The van der Waals surface area contributed by atoms with E-state index in [4.69, 9.17) is 0 Å². The molecule has 1 aromatic carbocycles. The second kappa shape index (κ2) is 6.27. The number of hydrogen-bond acceptors (Lipinski definition) is 4. The summed E-state index contributed by atoms with van der Waals surface area (Å²) >= 11 is 0. The Hall–Kier alpha value is -2.96. The molecule has 3 aromatic rings. The summed E-state index contributed by atoms with van der Waals surface area (Å²) in [7, 11) is 0. The fraction of sp³-hybridized carbons (Fsp3) is 0.294. The van der Waals surface area contributed by atoms with Gasteiger partial charge >= 0.3 is 0 Å². The number of carbonyl (C=O) groups is 1. The maximum Gasteiger partial charge on any atom is 0.274 e. The van der Waals surface area contributed by atoms with Crippen molar-refractivity contribution < 1.29 is 4.79 Å². The number of fused-ring (bicyclic) bond motifs is 1. The molecule has 0 aliphatic carbocycles. The van der Waals surface area contributed by atoms with Gasteiger partial charge in [0.1, 0.15) is 5.82 Å². The molecule has 0 atom stereocenters. The van der Waals surface area contributed by atoms with Crippen LogP contribution in [0, 0.1) is 12.8 Å². The number of aromatic amines is 1. The highest BCUT2D eigenvalue weighted by atomic mass is 16.2. The molecule has 0 fully saturated rings. The van der Waals surface area contributed by atoms with Gasteiger partial charge in [0.2, 0.25) is 5.91 Å². The molecule has 1 amide bonds. The molecule has 1 N–H and O–H groups in total. The Morgan fingerprint density at radius 1 is 1.25 bits per heavy atom. The third kappa shape index (κ3) is 3.05. The Bertz CT molecular complexity index is 927. The number of H-pyrrole nitrogens is 1. The minimum atomic E-state index is -0.224. The first-order valence-corrected chi connectivity index (χ1v) is 7.77. The monoisotopic (exact) mass is 325 g/mol. The van der Waals surface area contributed by atoms with Crippen LogP contribution in [0.3, 0.4) is 0 Å². The zero-order valence-electron chi connectivity index (χ0n) is 13.9. The average molecular weight is 325 g/mol. The fourth-order valence-electron chi connectivity index (χ4n) is 2.47. The van der Waals surface area contributed by atoms with Crippen LogP contribution in [0.4, 0.5) is 5.69 Å². The number of aromatic nitrogens is 4. The van der Waals surface area contributed by atoms with Crippen LogP contribution in [0.5, 0.6) is 0 Å². The van der Waals surface area contributed by atoms with Crippen molar-refractivity contribution in [3.63, 3.8) is 0 Å². The number of hydrogen-bond donors (Lipinski definition) is 1. The highest BCUT2D eigenvalue weighted by molar-refractivity contribution is 5.94. The molecule has 0 radical (unpaired) electrons. The van der Waals surface area contributed by atoms with Gasteiger partial charge in [-0.1, -0.05) is 32.0 Å². The number of aryl methyl sites for hydroxylation is 1. The SMILES string of the molecule is Cc1cc(=O)n2[nH]c(CN(C(=O)C(C)C)c3ccccc3)nc2n1. The van der Waals surface area contributed by atoms with E-state index in [2.05, 4.69) is 15.1 Å². The van der Waals surface area contributed by atoms with Crippen molar-refractivity contribution in [1.29, 1.82) is 0 Å². The van der Waals surface area contributed by atoms with Gasteiger partial charge in [0, 0.05) is 23.4 Å². The first-order valence-electron chi connectivity index (χ1n) is 7.77. The quantitative estimate of drug-likeness (QED) is 0.794. The molecule has 7 heteroatoms. The van der Waals surface area contributed by atoms with Gasteiger partial charge in [-0.25, -0.2) is 4.98 Å². The Kier molecular flexibility index (Phi) is 4.16. The largest absolute Gasteiger partial charge is 0.305 e. The highest BCUT2D eigenvalue weighted by Crippen LogP contribution is 2.18. The summed E-state index contributed by atoms with van der Waals surface area (Å²) in [4.78, 5) is 34.8. The van der Waals surface area contributed by atoms with Gasteiger partial charge in [-0.3, -0.25) is 14.7 Å². The van der Waals surface area contributed by atoms with Crippen molar-refractivity contribution in [2.24, 2.45) is 5.92 Å². The van der Waals surface area contributed by atoms with Crippen molar-refractivity contribution in [2.75, 3.05) is 4.90 Å². The minimum Gasteiger partial charge on any atom is -0.305 e. The average Bonchev–Trinajstić information content (AvgIpc) is 2.95. The molecular weight excluding hydrogens is 306 g/mol. The van der Waals surface area contributed by atoms with E-state index in [1.165, 1.54) is 10.6 Å². The summed E-state index contributed by atoms with van der Waals surface area (Å²) in [6.45, 7) is 5.69. The molecule has 2 aromatic heterocycles. The summed E-state index contributed by atoms with van der Waals surface area (Å²) in [5.41, 5.74) is 1.17. The topological polar surface area (TPSA) is 83.4 Å². The third-order valence-electron chi connectivity index (χ3n) is 3.64. The number of anilines is 1. The lowest BCUT2D eigenvalue weighted by molar-refractivity contribution is -0.121. The summed E-state index contributed by atoms with van der Waals surface area (Å²) in [6, 6.07) is 10.8. The van der Waals surface area contributed by atoms with Crippen LogP contribution in [-0.2, 0) is 11.3 Å². The zero-order chi connectivity index (χ0) is 17.3. The van der Waals surface area contributed by atoms with Crippen molar-refractivity contribution in [3.8, 4) is 0 Å². The van der Waals surface area contributed by atoms with Gasteiger partial charge in [-0.15, -0.1) is 0 Å². The molecule has 3 rings (SSSR count). The molecule has 7 nitrogen and oxygen atoms in total. The van der Waals surface area contributed by atoms with Crippen LogP contribution in [0.25, 0.3) is 5.78 Å². The lowest BCUT2D eigenvalue weighted by atomic mass is 10.1. The van der Waals surface area contributed by atoms with E-state index in [0.717, 1.165) is 5.69 Å². The smallest absolute Gasteiger partial charge is 0.274 e. The molecule has 0 aliphatic rings. The molecule has 0 saturated carbocycles. The predicted molar refractivity (Wildman–Crippen MR) is 90.8 cm³/mol. The maximum absolute atomic E-state index is 12.6. The van der Waals surface area contributed by atoms with E-state index in [1.54, 1.807) is 11.8 Å². The second-order valence-electron chi connectivity index (χ2n) is 5.96. The molecule has 0 bridgehead atoms. The molecule has 0 saturated heterocycles. The predicted octanol–water partition coefficient (Wildman–Crippen LogP) is 1.92. The summed E-state index contributed by atoms with van der Waals surface area (Å²) in [5.74, 6) is 0.638. The molecule has 24 heavy (non-hydrogen) atoms. The second-order valence-corrected chi connectivity index (χ2v) is 5.96. The van der Waals surface area contributed by atoms with Crippen molar-refractivity contribution in [2.45, 2.75) is 27.3 Å². The van der Waals surface area contributed by atoms with Gasteiger partial charge in [-0.05, 0) is 19.1 Å². The number of para-hydroxylation sites is 1. The summed E-state index contributed by atoms with van der Waals surface area (Å²) in [6.07, 6.45) is 0. The number of carbonyl (C=O) groups excluding carboxylic acids is 1. The molecular formula is C17H19N5O2. The number of nitrogens with one attached hydrogen (secondary N) is 1. The minimum absolute atomic E-state index is 0.0156. The van der Waals surface area contributed by atoms with Crippen LogP contribution >= 0.6 is 0 Å². The first-order chi connectivity index (χ1) is 11.5. The third-order valence-corrected chi connectivity index (χ3v) is 3.64. The zero-order valence-corrected chi connectivity index (χ0v) is 13.9. The van der Waals surface area contributed by atoms with Crippen molar-refractivity contribution >= 4 is 17.4 Å². The maximum atomic E-state index is 12.6. The first kappa shape index (κ1) is 15.9. The van der Waals surface area contributed by atoms with Gasteiger partial charge in [-0.2, -0.15) is 9.50 Å². The Labute approximate surface area is 139 Å². The van der Waals surface area contributed by atoms with Crippen molar-refractivity contribution in [3.05, 3.63) is 58.3 Å². The Morgan fingerprint density at radius 2 is 1.96 bits per heavy atom. The highest BCUT2D eigenvalue weighted by Gasteiger charge is 2.21. The number of nitrogens with zero attached hydrogens (tertiary/aromatic N) is 4. The molecule has 0 aliphatic heterocycles.